The summed E-state index contributed by atoms with van der Waals surface area (Å²) in [6.07, 6.45) is -5.42. The van der Waals surface area contributed by atoms with E-state index >= 15 is 0 Å². The van der Waals surface area contributed by atoms with E-state index in [2.05, 4.69) is 15.3 Å². The molecule has 14 heteroatoms. The number of benzene rings is 2. The molecular formula is C26H26F6N4O4. The van der Waals surface area contributed by atoms with E-state index in [1.54, 1.807) is 29.1 Å². The normalized spacial score (nSPS) is 13.9. The highest BCUT2D eigenvalue weighted by molar-refractivity contribution is 6.04. The monoisotopic (exact) mass is 572 g/mol. The number of carbonyl (C=O) groups excluding carboxylic acids is 1. The number of anilines is 1. The molecule has 1 aliphatic rings. The van der Waals surface area contributed by atoms with Crippen molar-refractivity contribution in [3.05, 3.63) is 65.9 Å². The number of aliphatic carboxylic acids is 1. The zero-order chi connectivity index (χ0) is 29.5. The van der Waals surface area contributed by atoms with E-state index in [-0.39, 0.29) is 5.56 Å². The van der Waals surface area contributed by atoms with Crippen LogP contribution in [0.1, 0.15) is 28.8 Å². The lowest BCUT2D eigenvalue weighted by atomic mass is 10.1. The van der Waals surface area contributed by atoms with Crippen LogP contribution in [0.5, 0.6) is 5.75 Å². The Morgan fingerprint density at radius 1 is 1.00 bits per heavy atom. The molecule has 8 nitrogen and oxygen atoms in total. The van der Waals surface area contributed by atoms with Gasteiger partial charge in [0.05, 0.1) is 11.3 Å². The molecule has 0 spiro atoms. The van der Waals surface area contributed by atoms with Crippen LogP contribution in [0.15, 0.2) is 54.7 Å². The molecule has 0 atom stereocenters. The Morgan fingerprint density at radius 2 is 1.62 bits per heavy atom. The van der Waals surface area contributed by atoms with Crippen molar-refractivity contribution in [3.8, 4) is 17.0 Å². The lowest BCUT2D eigenvalue weighted by Crippen LogP contribution is -2.25. The SMILES string of the molecule is Cn1nccc1-c1cc(NC(=O)c2ccc(C(F)(F)F)cc2)ccc1OCCN1CCCC1.O=C(O)C(F)(F)F. The minimum absolute atomic E-state index is 0.135. The Labute approximate surface area is 225 Å². The van der Waals surface area contributed by atoms with E-state index < -0.39 is 29.8 Å². The number of amides is 1. The van der Waals surface area contributed by atoms with Crippen LogP contribution in [0, 0.1) is 0 Å². The average Bonchev–Trinajstić information content (AvgIpc) is 3.56. The van der Waals surface area contributed by atoms with E-state index in [1.807, 2.05) is 13.1 Å². The van der Waals surface area contributed by atoms with Crippen molar-refractivity contribution in [1.82, 2.24) is 14.7 Å². The largest absolute Gasteiger partial charge is 0.492 e. The standard InChI is InChI=1S/C24H25F3N4O2.C2HF3O2/c1-30-21(10-11-28-30)20-16-19(8-9-22(20)33-15-14-31-12-2-3-13-31)29-23(32)17-4-6-18(7-5-17)24(25,26)27;3-2(4,5)1(6)7/h4-11,16H,2-3,12-15H2,1H3,(H,29,32);(H,6,7). The van der Waals surface area contributed by atoms with Gasteiger partial charge in [0.1, 0.15) is 12.4 Å². The zero-order valence-electron chi connectivity index (χ0n) is 21.2. The van der Waals surface area contributed by atoms with E-state index in [9.17, 15) is 31.1 Å². The molecule has 0 saturated carbocycles. The Kier molecular flexibility index (Phi) is 9.79. The van der Waals surface area contributed by atoms with Gasteiger partial charge in [-0.25, -0.2) is 4.79 Å². The van der Waals surface area contributed by atoms with Crippen LogP contribution >= 0.6 is 0 Å². The van der Waals surface area contributed by atoms with Crippen LogP contribution in [0.3, 0.4) is 0 Å². The molecule has 0 bridgehead atoms. The van der Waals surface area contributed by atoms with Crippen LogP contribution in [0.4, 0.5) is 32.0 Å². The summed E-state index contributed by atoms with van der Waals surface area (Å²) in [6.45, 7) is 3.57. The molecule has 1 aliphatic heterocycles. The second kappa shape index (κ2) is 12.9. The number of carbonyl (C=O) groups is 2. The maximum atomic E-state index is 12.8. The second-order valence-electron chi connectivity index (χ2n) is 8.78. The molecule has 0 radical (unpaired) electrons. The molecule has 1 fully saturated rings. The maximum Gasteiger partial charge on any atom is 0.490 e. The van der Waals surface area contributed by atoms with E-state index in [0.29, 0.717) is 18.0 Å². The van der Waals surface area contributed by atoms with Crippen molar-refractivity contribution in [2.45, 2.75) is 25.2 Å². The number of likely N-dealkylation sites (tertiary alicyclic amines) is 1. The summed E-state index contributed by atoms with van der Waals surface area (Å²) < 4.78 is 77.8. The number of nitrogens with zero attached hydrogens (tertiary/aromatic N) is 3. The number of rotatable bonds is 7. The molecular weight excluding hydrogens is 546 g/mol. The Hall–Kier alpha value is -4.07. The van der Waals surface area contributed by atoms with Crippen LogP contribution in [0.2, 0.25) is 0 Å². The molecule has 1 amide bonds. The fourth-order valence-electron chi connectivity index (χ4n) is 3.88. The fourth-order valence-corrected chi connectivity index (χ4v) is 3.88. The predicted octanol–water partition coefficient (Wildman–Crippen LogP) is 5.47. The van der Waals surface area contributed by atoms with Crippen molar-refractivity contribution < 1.29 is 45.8 Å². The highest BCUT2D eigenvalue weighted by Crippen LogP contribution is 2.33. The predicted molar refractivity (Wildman–Crippen MR) is 133 cm³/mol. The minimum Gasteiger partial charge on any atom is -0.492 e. The van der Waals surface area contributed by atoms with Gasteiger partial charge >= 0.3 is 18.3 Å². The first-order valence-corrected chi connectivity index (χ1v) is 12.0. The number of alkyl halides is 6. The Balaban J connectivity index is 0.000000559. The van der Waals surface area contributed by atoms with Crippen LogP contribution in [-0.4, -0.2) is 64.1 Å². The molecule has 0 aliphatic carbocycles. The number of carboxylic acids is 1. The molecule has 1 aromatic heterocycles. The summed E-state index contributed by atoms with van der Waals surface area (Å²) in [5.74, 6) is -2.58. The highest BCUT2D eigenvalue weighted by atomic mass is 19.4. The molecule has 2 aromatic carbocycles. The van der Waals surface area contributed by atoms with Gasteiger partial charge < -0.3 is 15.2 Å². The first kappa shape index (κ1) is 30.5. The highest BCUT2D eigenvalue weighted by Gasteiger charge is 2.38. The van der Waals surface area contributed by atoms with Gasteiger partial charge in [-0.15, -0.1) is 0 Å². The average molecular weight is 573 g/mol. The Morgan fingerprint density at radius 3 is 2.15 bits per heavy atom. The Bertz CT molecular complexity index is 1300. The number of hydrogen-bond acceptors (Lipinski definition) is 5. The van der Waals surface area contributed by atoms with Gasteiger partial charge in [0.15, 0.2) is 0 Å². The third-order valence-electron chi connectivity index (χ3n) is 5.91. The van der Waals surface area contributed by atoms with E-state index in [1.165, 1.54) is 12.8 Å². The number of nitrogens with one attached hydrogen (secondary N) is 1. The molecule has 0 unspecified atom stereocenters. The summed E-state index contributed by atoms with van der Waals surface area (Å²) in [5.41, 5.74) is 1.42. The number of ether oxygens (including phenoxy) is 1. The molecule has 2 heterocycles. The molecule has 2 N–H and O–H groups in total. The zero-order valence-corrected chi connectivity index (χ0v) is 21.2. The van der Waals surface area contributed by atoms with Gasteiger partial charge in [-0.2, -0.15) is 31.4 Å². The van der Waals surface area contributed by atoms with Crippen molar-refractivity contribution in [2.24, 2.45) is 7.05 Å². The van der Waals surface area contributed by atoms with Crippen LogP contribution in [-0.2, 0) is 18.0 Å². The quantitative estimate of drug-likeness (QED) is 0.365. The van der Waals surface area contributed by atoms with Gasteiger partial charge in [-0.1, -0.05) is 0 Å². The summed E-state index contributed by atoms with van der Waals surface area (Å²) in [6, 6.07) is 11.3. The van der Waals surface area contributed by atoms with E-state index in [4.69, 9.17) is 14.6 Å². The van der Waals surface area contributed by atoms with Crippen molar-refractivity contribution in [2.75, 3.05) is 31.6 Å². The molecule has 1 saturated heterocycles. The molecule has 4 rings (SSSR count). The van der Waals surface area contributed by atoms with Gasteiger partial charge in [-0.05, 0) is 74.5 Å². The minimum atomic E-state index is -5.08. The molecule has 3 aromatic rings. The van der Waals surface area contributed by atoms with Gasteiger partial charge in [0.2, 0.25) is 0 Å². The third-order valence-corrected chi connectivity index (χ3v) is 5.91. The number of aromatic nitrogens is 2. The summed E-state index contributed by atoms with van der Waals surface area (Å²) in [7, 11) is 1.82. The summed E-state index contributed by atoms with van der Waals surface area (Å²) >= 11 is 0. The van der Waals surface area contributed by atoms with Gasteiger partial charge in [0, 0.05) is 36.6 Å². The topological polar surface area (TPSA) is 96.7 Å². The summed E-state index contributed by atoms with van der Waals surface area (Å²) in [5, 5.41) is 14.1. The first-order valence-electron chi connectivity index (χ1n) is 12.0. The smallest absolute Gasteiger partial charge is 0.490 e. The van der Waals surface area contributed by atoms with E-state index in [0.717, 1.165) is 55.2 Å². The first-order chi connectivity index (χ1) is 18.8. The number of aryl methyl sites for hydroxylation is 1. The third kappa shape index (κ3) is 8.46. The van der Waals surface area contributed by atoms with Crippen molar-refractivity contribution >= 4 is 17.6 Å². The molecule has 40 heavy (non-hydrogen) atoms. The van der Waals surface area contributed by atoms with Gasteiger partial charge in [0.25, 0.3) is 5.91 Å². The fraction of sp³-hybridized carbons (Fsp3) is 0.346. The van der Waals surface area contributed by atoms with Crippen LogP contribution < -0.4 is 10.1 Å². The maximum absolute atomic E-state index is 12.8. The summed E-state index contributed by atoms with van der Waals surface area (Å²) in [4.78, 5) is 23.9. The lowest BCUT2D eigenvalue weighted by molar-refractivity contribution is -0.192. The van der Waals surface area contributed by atoms with Crippen molar-refractivity contribution in [3.63, 3.8) is 0 Å². The molecule has 216 valence electrons. The van der Waals surface area contributed by atoms with Crippen LogP contribution in [0.25, 0.3) is 11.3 Å². The lowest BCUT2D eigenvalue weighted by Gasteiger charge is -2.17. The number of halogens is 6. The number of carboxylic acid groups (broad SMARTS) is 1. The second-order valence-corrected chi connectivity index (χ2v) is 8.78. The van der Waals surface area contributed by atoms with Gasteiger partial charge in [-0.3, -0.25) is 14.4 Å². The van der Waals surface area contributed by atoms with Crippen molar-refractivity contribution in [1.29, 1.82) is 0 Å². The number of hydrogen-bond donors (Lipinski definition) is 2.